The summed E-state index contributed by atoms with van der Waals surface area (Å²) in [5.74, 6) is 0.0494. The molecule has 2 rings (SSSR count). The fourth-order valence-corrected chi connectivity index (χ4v) is 2.20. The summed E-state index contributed by atoms with van der Waals surface area (Å²) in [5.41, 5.74) is 0.683. The average molecular weight is 311 g/mol. The topological polar surface area (TPSA) is 49.4 Å². The molecule has 4 nitrogen and oxygen atoms in total. The second-order valence-electron chi connectivity index (χ2n) is 4.34. The van der Waals surface area contributed by atoms with E-state index in [9.17, 15) is 9.59 Å². The molecule has 0 unspecified atom stereocenters. The van der Waals surface area contributed by atoms with Gasteiger partial charge in [-0.25, -0.2) is 0 Å². The van der Waals surface area contributed by atoms with Gasteiger partial charge < -0.3 is 5.32 Å². The lowest BCUT2D eigenvalue weighted by Gasteiger charge is -2.17. The van der Waals surface area contributed by atoms with Crippen LogP contribution in [0.3, 0.4) is 0 Å². The highest BCUT2D eigenvalue weighted by atomic mass is 79.9. The van der Waals surface area contributed by atoms with Crippen molar-refractivity contribution in [1.82, 2.24) is 10.2 Å². The van der Waals surface area contributed by atoms with E-state index in [0.717, 1.165) is 17.4 Å². The molecule has 5 heteroatoms. The predicted octanol–water partition coefficient (Wildman–Crippen LogP) is 1.45. The highest BCUT2D eigenvalue weighted by molar-refractivity contribution is 9.10. The number of ketones is 1. The second-order valence-corrected chi connectivity index (χ2v) is 5.26. The average Bonchev–Trinajstić information content (AvgIpc) is 2.54. The lowest BCUT2D eigenvalue weighted by molar-refractivity contribution is -0.121. The third-order valence-electron chi connectivity index (χ3n) is 2.87. The van der Waals surface area contributed by atoms with E-state index < -0.39 is 0 Å². The number of nitrogens with zero attached hydrogens (tertiary/aromatic N) is 1. The lowest BCUT2D eigenvalue weighted by Crippen LogP contribution is -2.36. The molecule has 1 fully saturated rings. The van der Waals surface area contributed by atoms with Gasteiger partial charge in [0.2, 0.25) is 5.91 Å². The summed E-state index contributed by atoms with van der Waals surface area (Å²) in [5, 5.41) is 2.80. The summed E-state index contributed by atoms with van der Waals surface area (Å²) >= 11 is 3.34. The van der Waals surface area contributed by atoms with Crippen LogP contribution in [0.1, 0.15) is 16.8 Å². The largest absolute Gasteiger partial charge is 0.355 e. The molecule has 96 valence electrons. The van der Waals surface area contributed by atoms with Gasteiger partial charge in [-0.3, -0.25) is 14.5 Å². The monoisotopic (exact) mass is 310 g/mol. The number of carbonyl (C=O) groups excluding carboxylic acids is 2. The number of carbonyl (C=O) groups is 2. The SMILES string of the molecule is O=C1CN(CC(=O)c2ccc(Br)cc2)CCCN1. The molecule has 1 amide bonds. The van der Waals surface area contributed by atoms with Gasteiger partial charge in [0.25, 0.3) is 0 Å². The smallest absolute Gasteiger partial charge is 0.234 e. The number of hydrogen-bond acceptors (Lipinski definition) is 3. The van der Waals surface area contributed by atoms with Crippen molar-refractivity contribution in [2.75, 3.05) is 26.2 Å². The molecule has 1 N–H and O–H groups in total. The molecule has 1 aromatic rings. The minimum atomic E-state index is -0.00361. The van der Waals surface area contributed by atoms with Crippen molar-refractivity contribution in [2.45, 2.75) is 6.42 Å². The Morgan fingerprint density at radius 2 is 2.06 bits per heavy atom. The van der Waals surface area contributed by atoms with Crippen LogP contribution in [0.2, 0.25) is 0 Å². The summed E-state index contributed by atoms with van der Waals surface area (Å²) in [7, 11) is 0. The minimum Gasteiger partial charge on any atom is -0.355 e. The Bertz CT molecular complexity index is 445. The molecule has 1 aromatic carbocycles. The maximum Gasteiger partial charge on any atom is 0.234 e. The Hall–Kier alpha value is -1.20. The first-order chi connectivity index (χ1) is 8.65. The van der Waals surface area contributed by atoms with E-state index in [2.05, 4.69) is 21.2 Å². The Labute approximate surface area is 114 Å². The quantitative estimate of drug-likeness (QED) is 0.860. The molecule has 0 spiro atoms. The van der Waals surface area contributed by atoms with Gasteiger partial charge in [-0.05, 0) is 18.6 Å². The molecule has 1 aliphatic heterocycles. The molecule has 0 atom stereocenters. The fraction of sp³-hybridized carbons (Fsp3) is 0.385. The van der Waals surface area contributed by atoms with Crippen molar-refractivity contribution in [3.05, 3.63) is 34.3 Å². The zero-order valence-electron chi connectivity index (χ0n) is 9.99. The third-order valence-corrected chi connectivity index (χ3v) is 3.40. The first-order valence-corrected chi connectivity index (χ1v) is 6.72. The van der Waals surface area contributed by atoms with Crippen molar-refractivity contribution < 1.29 is 9.59 Å². The van der Waals surface area contributed by atoms with E-state index in [1.165, 1.54) is 0 Å². The van der Waals surface area contributed by atoms with E-state index in [-0.39, 0.29) is 11.7 Å². The number of rotatable bonds is 3. The molecule has 1 aliphatic rings. The molecule has 1 saturated heterocycles. The van der Waals surface area contributed by atoms with Gasteiger partial charge in [-0.1, -0.05) is 28.1 Å². The van der Waals surface area contributed by atoms with Crippen LogP contribution in [-0.2, 0) is 4.79 Å². The van der Waals surface area contributed by atoms with Crippen molar-refractivity contribution in [3.8, 4) is 0 Å². The van der Waals surface area contributed by atoms with Gasteiger partial charge in [-0.15, -0.1) is 0 Å². The Balaban J connectivity index is 1.97. The van der Waals surface area contributed by atoms with E-state index in [1.54, 1.807) is 12.1 Å². The van der Waals surface area contributed by atoms with Gasteiger partial charge in [0, 0.05) is 23.1 Å². The first-order valence-electron chi connectivity index (χ1n) is 5.93. The van der Waals surface area contributed by atoms with E-state index in [4.69, 9.17) is 0 Å². The maximum absolute atomic E-state index is 12.1. The van der Waals surface area contributed by atoms with Crippen LogP contribution >= 0.6 is 15.9 Å². The summed E-state index contributed by atoms with van der Waals surface area (Å²) in [6, 6.07) is 7.29. The molecule has 0 bridgehead atoms. The van der Waals surface area contributed by atoms with Crippen LogP contribution in [0.15, 0.2) is 28.7 Å². The highest BCUT2D eigenvalue weighted by Crippen LogP contribution is 2.11. The highest BCUT2D eigenvalue weighted by Gasteiger charge is 2.17. The zero-order valence-corrected chi connectivity index (χ0v) is 11.6. The summed E-state index contributed by atoms with van der Waals surface area (Å²) in [6.07, 6.45) is 0.888. The van der Waals surface area contributed by atoms with Crippen molar-refractivity contribution in [1.29, 1.82) is 0 Å². The van der Waals surface area contributed by atoms with Gasteiger partial charge in [0.05, 0.1) is 13.1 Å². The summed E-state index contributed by atoms with van der Waals surface area (Å²) in [4.78, 5) is 25.3. The van der Waals surface area contributed by atoms with Crippen molar-refractivity contribution >= 4 is 27.6 Å². The Morgan fingerprint density at radius 3 is 2.78 bits per heavy atom. The molecule has 18 heavy (non-hydrogen) atoms. The Morgan fingerprint density at radius 1 is 1.33 bits per heavy atom. The number of hydrogen-bond donors (Lipinski definition) is 1. The third kappa shape index (κ3) is 3.65. The summed E-state index contributed by atoms with van der Waals surface area (Å²) in [6.45, 7) is 2.08. The second kappa shape index (κ2) is 6.11. The predicted molar refractivity (Wildman–Crippen MR) is 72.5 cm³/mol. The fourth-order valence-electron chi connectivity index (χ4n) is 1.93. The molecular formula is C13H15BrN2O2. The minimum absolute atomic E-state index is 0.00361. The van der Waals surface area contributed by atoms with Gasteiger partial charge in [0.1, 0.15) is 0 Å². The van der Waals surface area contributed by atoms with Crippen molar-refractivity contribution in [2.24, 2.45) is 0 Å². The van der Waals surface area contributed by atoms with Gasteiger partial charge >= 0.3 is 0 Å². The van der Waals surface area contributed by atoms with Crippen molar-refractivity contribution in [3.63, 3.8) is 0 Å². The maximum atomic E-state index is 12.1. The van der Waals surface area contributed by atoms with Crippen LogP contribution in [-0.4, -0.2) is 42.8 Å². The van der Waals surface area contributed by atoms with Gasteiger partial charge in [0.15, 0.2) is 5.78 Å². The molecular weight excluding hydrogens is 296 g/mol. The standard InChI is InChI=1S/C13H15BrN2O2/c14-11-4-2-10(3-5-11)12(17)8-16-7-1-6-15-13(18)9-16/h2-5H,1,6-9H2,(H,15,18). The number of nitrogens with one attached hydrogen (secondary N) is 1. The first kappa shape index (κ1) is 13.2. The van der Waals surface area contributed by atoms with E-state index in [0.29, 0.717) is 25.2 Å². The summed E-state index contributed by atoms with van der Waals surface area (Å²) < 4.78 is 0.952. The zero-order chi connectivity index (χ0) is 13.0. The van der Waals surface area contributed by atoms with Crippen LogP contribution in [0.4, 0.5) is 0 Å². The molecule has 0 aliphatic carbocycles. The number of amides is 1. The van der Waals surface area contributed by atoms with Gasteiger partial charge in [-0.2, -0.15) is 0 Å². The Kier molecular flexibility index (Phi) is 4.49. The number of benzene rings is 1. The number of halogens is 1. The van der Waals surface area contributed by atoms with Crippen LogP contribution in [0.25, 0.3) is 0 Å². The number of Topliss-reactive ketones (excluding diaryl/α,β-unsaturated/α-hetero) is 1. The normalized spacial score (nSPS) is 17.1. The van der Waals surface area contributed by atoms with E-state index >= 15 is 0 Å². The molecule has 0 aromatic heterocycles. The van der Waals surface area contributed by atoms with Crippen LogP contribution in [0, 0.1) is 0 Å². The molecule has 0 radical (unpaired) electrons. The van der Waals surface area contributed by atoms with Crippen LogP contribution < -0.4 is 5.32 Å². The van der Waals surface area contributed by atoms with Crippen LogP contribution in [0.5, 0.6) is 0 Å². The molecule has 0 saturated carbocycles. The van der Waals surface area contributed by atoms with E-state index in [1.807, 2.05) is 17.0 Å². The lowest BCUT2D eigenvalue weighted by atomic mass is 10.1. The molecule has 1 heterocycles.